The predicted octanol–water partition coefficient (Wildman–Crippen LogP) is 6.18. The zero-order valence-corrected chi connectivity index (χ0v) is 17.1. The van der Waals surface area contributed by atoms with Crippen LogP contribution in [0.15, 0.2) is 45.7 Å². The largest absolute Gasteiger partial charge is 0.457 e. The van der Waals surface area contributed by atoms with Crippen LogP contribution in [-0.4, -0.2) is 21.2 Å². The lowest BCUT2D eigenvalue weighted by molar-refractivity contribution is -0.123. The quantitative estimate of drug-likeness (QED) is 0.352. The molecule has 2 heterocycles. The van der Waals surface area contributed by atoms with E-state index in [0.717, 1.165) is 24.2 Å². The Morgan fingerprint density at radius 3 is 2.48 bits per heavy atom. The van der Waals surface area contributed by atoms with Gasteiger partial charge in [-0.15, -0.1) is 0 Å². The van der Waals surface area contributed by atoms with Crippen molar-refractivity contribution in [2.75, 3.05) is 0 Å². The first-order valence-electron chi connectivity index (χ1n) is 9.56. The van der Waals surface area contributed by atoms with E-state index in [2.05, 4.69) is 19.1 Å². The molecule has 0 N–H and O–H groups in total. The third-order valence-corrected chi connectivity index (χ3v) is 6.58. The van der Waals surface area contributed by atoms with Crippen LogP contribution in [0.2, 0.25) is 0 Å². The fraction of sp³-hybridized carbons (Fsp3) is 0.364. The highest BCUT2D eigenvalue weighted by Gasteiger charge is 2.37. The Bertz CT molecular complexity index is 874. The van der Waals surface area contributed by atoms with Crippen molar-refractivity contribution in [2.24, 2.45) is 0 Å². The number of carbonyl (C=O) groups is 1. The molecule has 1 aromatic heterocycles. The summed E-state index contributed by atoms with van der Waals surface area (Å²) in [6.45, 7) is 2.06. The number of aryl methyl sites for hydroxylation is 1. The first-order chi connectivity index (χ1) is 13.1. The van der Waals surface area contributed by atoms with Crippen molar-refractivity contribution in [1.29, 1.82) is 0 Å². The fourth-order valence-electron chi connectivity index (χ4n) is 3.74. The Kier molecular flexibility index (Phi) is 5.50. The summed E-state index contributed by atoms with van der Waals surface area (Å²) >= 11 is 6.92. The number of furan rings is 1. The number of carbonyl (C=O) groups excluding carboxylic acids is 1. The molecule has 27 heavy (non-hydrogen) atoms. The molecule has 5 heteroatoms. The molecular weight excluding hydrogens is 374 g/mol. The van der Waals surface area contributed by atoms with Gasteiger partial charge in [-0.2, -0.15) is 0 Å². The lowest BCUT2D eigenvalue weighted by atomic mass is 10.1. The highest BCUT2D eigenvalue weighted by atomic mass is 32.2. The molecule has 1 aliphatic carbocycles. The zero-order chi connectivity index (χ0) is 18.8. The minimum absolute atomic E-state index is 0.0326. The van der Waals surface area contributed by atoms with E-state index in [9.17, 15) is 4.79 Å². The molecule has 1 amide bonds. The molecular formula is C22H23NO2S2. The third-order valence-electron chi connectivity index (χ3n) is 5.25. The van der Waals surface area contributed by atoms with E-state index < -0.39 is 0 Å². The molecule has 2 aliphatic rings. The van der Waals surface area contributed by atoms with Crippen molar-refractivity contribution in [3.8, 4) is 11.3 Å². The van der Waals surface area contributed by atoms with Crippen LogP contribution in [0.5, 0.6) is 0 Å². The molecule has 1 aromatic carbocycles. The smallest absolute Gasteiger partial charge is 0.266 e. The van der Waals surface area contributed by atoms with E-state index in [-0.39, 0.29) is 11.9 Å². The van der Waals surface area contributed by atoms with E-state index >= 15 is 0 Å². The van der Waals surface area contributed by atoms with Gasteiger partial charge >= 0.3 is 0 Å². The Hall–Kier alpha value is -1.85. The predicted molar refractivity (Wildman–Crippen MR) is 115 cm³/mol. The van der Waals surface area contributed by atoms with Crippen molar-refractivity contribution >= 4 is 40.3 Å². The van der Waals surface area contributed by atoms with Crippen molar-refractivity contribution < 1.29 is 9.21 Å². The second-order valence-corrected chi connectivity index (χ2v) is 8.94. The number of thioether (sulfide) groups is 1. The molecule has 0 bridgehead atoms. The first kappa shape index (κ1) is 18.5. The molecule has 0 spiro atoms. The summed E-state index contributed by atoms with van der Waals surface area (Å²) in [4.78, 5) is 15.5. The highest BCUT2D eigenvalue weighted by molar-refractivity contribution is 8.26. The van der Waals surface area contributed by atoms with Gasteiger partial charge in [0.25, 0.3) is 5.91 Å². The average Bonchev–Trinajstić information content (AvgIpc) is 3.10. The molecule has 140 valence electrons. The van der Waals surface area contributed by atoms with E-state index in [0.29, 0.717) is 15.0 Å². The molecule has 2 fully saturated rings. The van der Waals surface area contributed by atoms with Crippen LogP contribution < -0.4 is 0 Å². The van der Waals surface area contributed by atoms with Crippen molar-refractivity contribution in [3.05, 3.63) is 52.6 Å². The molecule has 1 aliphatic heterocycles. The first-order valence-corrected chi connectivity index (χ1v) is 10.8. The van der Waals surface area contributed by atoms with Crippen LogP contribution in [0, 0.1) is 6.92 Å². The minimum Gasteiger partial charge on any atom is -0.457 e. The third kappa shape index (κ3) is 4.04. The van der Waals surface area contributed by atoms with E-state index in [4.69, 9.17) is 16.6 Å². The maximum atomic E-state index is 13.0. The summed E-state index contributed by atoms with van der Waals surface area (Å²) in [5.74, 6) is 1.53. The number of thiocarbonyl (C=S) groups is 1. The van der Waals surface area contributed by atoms with Crippen LogP contribution >= 0.6 is 24.0 Å². The summed E-state index contributed by atoms with van der Waals surface area (Å²) in [6, 6.07) is 12.3. The van der Waals surface area contributed by atoms with Gasteiger partial charge in [-0.1, -0.05) is 79.5 Å². The van der Waals surface area contributed by atoms with Gasteiger partial charge in [-0.3, -0.25) is 9.69 Å². The summed E-state index contributed by atoms with van der Waals surface area (Å²) in [7, 11) is 0. The molecule has 2 aromatic rings. The summed E-state index contributed by atoms with van der Waals surface area (Å²) < 4.78 is 6.64. The van der Waals surface area contributed by atoms with Gasteiger partial charge in [0.15, 0.2) is 0 Å². The van der Waals surface area contributed by atoms with Crippen LogP contribution in [0.3, 0.4) is 0 Å². The fourth-order valence-corrected chi connectivity index (χ4v) is 5.12. The van der Waals surface area contributed by atoms with Gasteiger partial charge in [0.05, 0.1) is 4.91 Å². The second-order valence-electron chi connectivity index (χ2n) is 7.27. The molecule has 0 atom stereocenters. The Balaban J connectivity index is 1.53. The number of nitrogens with zero attached hydrogens (tertiary/aromatic N) is 1. The summed E-state index contributed by atoms with van der Waals surface area (Å²) in [6.07, 6.45) is 8.81. The lowest BCUT2D eigenvalue weighted by Crippen LogP contribution is -2.38. The number of benzene rings is 1. The Morgan fingerprint density at radius 1 is 1.07 bits per heavy atom. The number of rotatable bonds is 3. The SMILES string of the molecule is Cc1ccc(-c2ccc(/C=C3\SC(=S)N(C4CCCCCC4)C3=O)o2)cc1. The molecule has 1 saturated carbocycles. The van der Waals surface area contributed by atoms with Gasteiger partial charge in [-0.25, -0.2) is 0 Å². The molecule has 0 unspecified atom stereocenters. The van der Waals surface area contributed by atoms with Crippen molar-refractivity contribution in [1.82, 2.24) is 4.90 Å². The number of amides is 1. The Labute approximate surface area is 169 Å². The minimum atomic E-state index is 0.0326. The summed E-state index contributed by atoms with van der Waals surface area (Å²) in [5.41, 5.74) is 2.25. The summed E-state index contributed by atoms with van der Waals surface area (Å²) in [5, 5.41) is 0. The zero-order valence-electron chi connectivity index (χ0n) is 15.4. The molecule has 3 nitrogen and oxygen atoms in total. The van der Waals surface area contributed by atoms with Crippen LogP contribution in [0.1, 0.15) is 49.8 Å². The van der Waals surface area contributed by atoms with E-state index in [1.807, 2.05) is 35.2 Å². The maximum Gasteiger partial charge on any atom is 0.266 e. The molecule has 4 rings (SSSR count). The topological polar surface area (TPSA) is 33.5 Å². The average molecular weight is 398 g/mol. The lowest BCUT2D eigenvalue weighted by Gasteiger charge is -2.25. The van der Waals surface area contributed by atoms with Gasteiger partial charge in [0.2, 0.25) is 0 Å². The maximum absolute atomic E-state index is 13.0. The number of hydrogen-bond donors (Lipinski definition) is 0. The van der Waals surface area contributed by atoms with Gasteiger partial charge in [-0.05, 0) is 31.9 Å². The normalized spacial score (nSPS) is 20.5. The monoisotopic (exact) mass is 397 g/mol. The highest BCUT2D eigenvalue weighted by Crippen LogP contribution is 2.37. The van der Waals surface area contributed by atoms with Crippen LogP contribution in [0.25, 0.3) is 17.4 Å². The van der Waals surface area contributed by atoms with Gasteiger partial charge < -0.3 is 4.42 Å². The second kappa shape index (κ2) is 8.03. The molecule has 1 saturated heterocycles. The Morgan fingerprint density at radius 2 is 1.78 bits per heavy atom. The standard InChI is InChI=1S/C22H23NO2S2/c1-15-8-10-16(11-9-15)19-13-12-18(25-19)14-20-21(24)23(22(26)27-20)17-6-4-2-3-5-7-17/h8-14,17H,2-7H2,1H3/b20-14-. The van der Waals surface area contributed by atoms with Crippen molar-refractivity contribution in [3.63, 3.8) is 0 Å². The van der Waals surface area contributed by atoms with Gasteiger partial charge in [0, 0.05) is 17.7 Å². The number of hydrogen-bond acceptors (Lipinski definition) is 4. The van der Waals surface area contributed by atoms with E-state index in [1.54, 1.807) is 0 Å². The molecule has 0 radical (unpaired) electrons. The van der Waals surface area contributed by atoms with E-state index in [1.165, 1.54) is 43.0 Å². The van der Waals surface area contributed by atoms with Crippen molar-refractivity contribution in [2.45, 2.75) is 51.5 Å². The van der Waals surface area contributed by atoms with Gasteiger partial charge in [0.1, 0.15) is 15.8 Å². The van der Waals surface area contributed by atoms with Crippen LogP contribution in [0.4, 0.5) is 0 Å². The van der Waals surface area contributed by atoms with Crippen LogP contribution in [-0.2, 0) is 4.79 Å².